The van der Waals surface area contributed by atoms with Gasteiger partial charge in [-0.25, -0.2) is 0 Å². The summed E-state index contributed by atoms with van der Waals surface area (Å²) in [4.78, 5) is 12.8. The highest BCUT2D eigenvalue weighted by atomic mass is 35.5. The standard InChI is InChI=1S/C23H18ClN3OS/c24-18-13-11-17(12-14-18)16-29-23(27-20-9-5-2-6-10-20)21(15-25)22(28)26-19-7-3-1-4-8-19/h1-14,27H,16H2,(H,26,28). The van der Waals surface area contributed by atoms with E-state index in [-0.39, 0.29) is 5.57 Å². The monoisotopic (exact) mass is 419 g/mol. The zero-order valence-electron chi connectivity index (χ0n) is 15.4. The van der Waals surface area contributed by atoms with Crippen molar-refractivity contribution in [3.63, 3.8) is 0 Å². The van der Waals surface area contributed by atoms with Crippen LogP contribution in [0.2, 0.25) is 5.02 Å². The number of hydrogen-bond acceptors (Lipinski definition) is 4. The van der Waals surface area contributed by atoms with Gasteiger partial charge in [0.2, 0.25) is 0 Å². The van der Waals surface area contributed by atoms with Gasteiger partial charge in [-0.2, -0.15) is 5.26 Å². The third-order valence-electron chi connectivity index (χ3n) is 3.93. The van der Waals surface area contributed by atoms with Crippen LogP contribution in [0.3, 0.4) is 0 Å². The normalized spacial score (nSPS) is 11.2. The predicted octanol–water partition coefficient (Wildman–Crippen LogP) is 6.06. The lowest BCUT2D eigenvalue weighted by atomic mass is 10.2. The summed E-state index contributed by atoms with van der Waals surface area (Å²) in [7, 11) is 0. The van der Waals surface area contributed by atoms with Crippen LogP contribution in [-0.2, 0) is 10.5 Å². The number of hydrogen-bond donors (Lipinski definition) is 2. The lowest BCUT2D eigenvalue weighted by molar-refractivity contribution is -0.112. The number of thioether (sulfide) groups is 1. The fourth-order valence-corrected chi connectivity index (χ4v) is 3.58. The Labute approximate surface area is 179 Å². The fraction of sp³-hybridized carbons (Fsp3) is 0.0435. The molecule has 0 radical (unpaired) electrons. The Hall–Kier alpha value is -3.20. The number of carbonyl (C=O) groups is 1. The molecule has 0 bridgehead atoms. The van der Waals surface area contributed by atoms with E-state index in [1.54, 1.807) is 12.1 Å². The SMILES string of the molecule is N#CC(C(=O)Nc1ccccc1)=C(Nc1ccccc1)SCc1ccc(Cl)cc1. The fourth-order valence-electron chi connectivity index (χ4n) is 2.48. The van der Waals surface area contributed by atoms with Crippen LogP contribution >= 0.6 is 23.4 Å². The van der Waals surface area contributed by atoms with Crippen LogP contribution < -0.4 is 10.6 Å². The second-order valence-electron chi connectivity index (χ2n) is 6.04. The second-order valence-corrected chi connectivity index (χ2v) is 7.46. The number of nitrogens with zero attached hydrogens (tertiary/aromatic N) is 1. The Morgan fingerprint density at radius 2 is 1.41 bits per heavy atom. The molecule has 4 nitrogen and oxygen atoms in total. The van der Waals surface area contributed by atoms with Crippen LogP contribution in [0.4, 0.5) is 11.4 Å². The van der Waals surface area contributed by atoms with Gasteiger partial charge in [0.1, 0.15) is 11.6 Å². The molecule has 3 aromatic carbocycles. The average molecular weight is 420 g/mol. The topological polar surface area (TPSA) is 64.9 Å². The Balaban J connectivity index is 1.86. The molecule has 0 spiro atoms. The molecular weight excluding hydrogens is 402 g/mol. The van der Waals surface area contributed by atoms with Crippen LogP contribution in [0.1, 0.15) is 5.56 Å². The Morgan fingerprint density at radius 3 is 1.97 bits per heavy atom. The van der Waals surface area contributed by atoms with Crippen molar-refractivity contribution in [1.82, 2.24) is 0 Å². The van der Waals surface area contributed by atoms with Gasteiger partial charge in [-0.1, -0.05) is 60.1 Å². The minimum Gasteiger partial charge on any atom is -0.349 e. The summed E-state index contributed by atoms with van der Waals surface area (Å²) < 4.78 is 0. The van der Waals surface area contributed by atoms with Crippen LogP contribution in [0, 0.1) is 11.3 Å². The Kier molecular flexibility index (Phi) is 7.34. The highest BCUT2D eigenvalue weighted by molar-refractivity contribution is 8.02. The number of carbonyl (C=O) groups excluding carboxylic acids is 1. The first-order chi connectivity index (χ1) is 14.2. The van der Waals surface area contributed by atoms with E-state index >= 15 is 0 Å². The summed E-state index contributed by atoms with van der Waals surface area (Å²) >= 11 is 7.34. The van der Waals surface area contributed by atoms with Crippen LogP contribution in [0.15, 0.2) is 95.5 Å². The minimum atomic E-state index is -0.458. The van der Waals surface area contributed by atoms with Crippen molar-refractivity contribution in [2.24, 2.45) is 0 Å². The predicted molar refractivity (Wildman–Crippen MR) is 121 cm³/mol. The zero-order valence-corrected chi connectivity index (χ0v) is 17.0. The lowest BCUT2D eigenvalue weighted by Crippen LogP contribution is -2.17. The van der Waals surface area contributed by atoms with Crippen LogP contribution in [0.5, 0.6) is 0 Å². The maximum Gasteiger partial charge on any atom is 0.269 e. The van der Waals surface area contributed by atoms with E-state index in [2.05, 4.69) is 16.7 Å². The third kappa shape index (κ3) is 6.15. The molecule has 0 aromatic heterocycles. The van der Waals surface area contributed by atoms with Gasteiger partial charge in [-0.05, 0) is 42.0 Å². The van der Waals surface area contributed by atoms with Crippen molar-refractivity contribution in [2.45, 2.75) is 5.75 Å². The van der Waals surface area contributed by atoms with Gasteiger partial charge in [-0.15, -0.1) is 11.8 Å². The lowest BCUT2D eigenvalue weighted by Gasteiger charge is -2.14. The molecule has 0 heterocycles. The number of anilines is 2. The number of amides is 1. The van der Waals surface area contributed by atoms with E-state index < -0.39 is 5.91 Å². The number of benzene rings is 3. The molecule has 144 valence electrons. The summed E-state index contributed by atoms with van der Waals surface area (Å²) in [6.45, 7) is 0. The van der Waals surface area contributed by atoms with Gasteiger partial charge < -0.3 is 10.6 Å². The first kappa shape index (κ1) is 20.5. The smallest absolute Gasteiger partial charge is 0.269 e. The van der Waals surface area contributed by atoms with Gasteiger partial charge in [0.25, 0.3) is 5.91 Å². The van der Waals surface area contributed by atoms with E-state index in [1.807, 2.05) is 72.8 Å². The summed E-state index contributed by atoms with van der Waals surface area (Å²) in [6.07, 6.45) is 0. The van der Waals surface area contributed by atoms with Gasteiger partial charge in [0.05, 0.1) is 5.03 Å². The van der Waals surface area contributed by atoms with Crippen LogP contribution in [0.25, 0.3) is 0 Å². The van der Waals surface area contributed by atoms with Gasteiger partial charge in [0.15, 0.2) is 0 Å². The number of para-hydroxylation sites is 2. The maximum absolute atomic E-state index is 12.8. The molecule has 0 aliphatic heterocycles. The second kappa shape index (κ2) is 10.4. The molecule has 0 saturated carbocycles. The van der Waals surface area contributed by atoms with E-state index in [1.165, 1.54) is 11.8 Å². The third-order valence-corrected chi connectivity index (χ3v) is 5.25. The van der Waals surface area contributed by atoms with E-state index in [0.717, 1.165) is 11.3 Å². The van der Waals surface area contributed by atoms with E-state index in [4.69, 9.17) is 11.6 Å². The first-order valence-corrected chi connectivity index (χ1v) is 10.2. The van der Waals surface area contributed by atoms with Gasteiger partial charge >= 0.3 is 0 Å². The molecule has 2 N–H and O–H groups in total. The molecular formula is C23H18ClN3OS. The van der Waals surface area contributed by atoms with Gasteiger partial charge in [0, 0.05) is 22.2 Å². The molecule has 6 heteroatoms. The Morgan fingerprint density at radius 1 is 0.862 bits per heavy atom. The molecule has 29 heavy (non-hydrogen) atoms. The van der Waals surface area contributed by atoms with Crippen molar-refractivity contribution in [2.75, 3.05) is 10.6 Å². The van der Waals surface area contributed by atoms with Crippen molar-refractivity contribution in [3.05, 3.63) is 106 Å². The average Bonchev–Trinajstić information content (AvgIpc) is 2.75. The summed E-state index contributed by atoms with van der Waals surface area (Å²) in [6, 6.07) is 28.0. The molecule has 0 aliphatic carbocycles. The molecule has 0 atom stereocenters. The molecule has 0 fully saturated rings. The van der Waals surface area contributed by atoms with Gasteiger partial charge in [-0.3, -0.25) is 4.79 Å². The van der Waals surface area contributed by atoms with Crippen molar-refractivity contribution in [3.8, 4) is 6.07 Å². The summed E-state index contributed by atoms with van der Waals surface area (Å²) in [5, 5.41) is 16.9. The maximum atomic E-state index is 12.8. The number of rotatable bonds is 7. The van der Waals surface area contributed by atoms with Crippen LogP contribution in [-0.4, -0.2) is 5.91 Å². The summed E-state index contributed by atoms with van der Waals surface area (Å²) in [5.74, 6) is 0.122. The molecule has 0 unspecified atom stereocenters. The molecule has 0 saturated heterocycles. The van der Waals surface area contributed by atoms with Crippen molar-refractivity contribution in [1.29, 1.82) is 5.26 Å². The number of halogens is 1. The molecule has 3 rings (SSSR count). The molecule has 1 amide bonds. The van der Waals surface area contributed by atoms with E-state index in [0.29, 0.717) is 21.5 Å². The zero-order chi connectivity index (χ0) is 20.5. The number of nitriles is 1. The number of nitrogens with one attached hydrogen (secondary N) is 2. The minimum absolute atomic E-state index is 0.0247. The van der Waals surface area contributed by atoms with E-state index in [9.17, 15) is 10.1 Å². The molecule has 3 aromatic rings. The first-order valence-electron chi connectivity index (χ1n) is 8.86. The highest BCUT2D eigenvalue weighted by Gasteiger charge is 2.17. The quantitative estimate of drug-likeness (QED) is 0.361. The highest BCUT2D eigenvalue weighted by Crippen LogP contribution is 2.27. The summed E-state index contributed by atoms with van der Waals surface area (Å²) in [5.41, 5.74) is 2.49. The van der Waals surface area contributed by atoms with Crippen molar-refractivity contribution < 1.29 is 4.79 Å². The largest absolute Gasteiger partial charge is 0.349 e. The van der Waals surface area contributed by atoms with Crippen molar-refractivity contribution >= 4 is 40.6 Å². The Bertz CT molecular complexity index is 1030. The molecule has 0 aliphatic rings.